The second kappa shape index (κ2) is 6.75. The monoisotopic (exact) mass is 293 g/mol. The van der Waals surface area contributed by atoms with Crippen LogP contribution in [0.3, 0.4) is 0 Å². The molecule has 4 heteroatoms. The lowest BCUT2D eigenvalue weighted by molar-refractivity contribution is 0.339. The van der Waals surface area contributed by atoms with Crippen molar-refractivity contribution in [3.05, 3.63) is 45.9 Å². The zero-order valence-electron chi connectivity index (χ0n) is 12.1. The van der Waals surface area contributed by atoms with Gasteiger partial charge in [-0.25, -0.2) is 4.39 Å². The van der Waals surface area contributed by atoms with Gasteiger partial charge in [0.2, 0.25) is 0 Å². The molecule has 20 heavy (non-hydrogen) atoms. The Morgan fingerprint density at radius 1 is 1.25 bits per heavy atom. The van der Waals surface area contributed by atoms with Crippen LogP contribution in [-0.2, 0) is 6.42 Å². The fourth-order valence-electron chi connectivity index (χ4n) is 2.01. The second-order valence-electron chi connectivity index (χ2n) is 4.60. The quantitative estimate of drug-likeness (QED) is 0.807. The van der Waals surface area contributed by atoms with E-state index in [-0.39, 0.29) is 11.9 Å². The number of ether oxygens (including phenoxy) is 1. The summed E-state index contributed by atoms with van der Waals surface area (Å²) in [6, 6.07) is 9.07. The molecule has 1 aromatic heterocycles. The zero-order chi connectivity index (χ0) is 14.5. The van der Waals surface area contributed by atoms with Crippen LogP contribution in [0.15, 0.2) is 30.3 Å². The van der Waals surface area contributed by atoms with Gasteiger partial charge in [-0.3, -0.25) is 0 Å². The van der Waals surface area contributed by atoms with Gasteiger partial charge in [-0.15, -0.1) is 11.3 Å². The maximum absolute atomic E-state index is 13.3. The molecule has 0 aliphatic heterocycles. The Bertz CT molecular complexity index is 567. The number of aryl methyl sites for hydroxylation is 1. The number of hydrogen-bond donors (Lipinski definition) is 1. The van der Waals surface area contributed by atoms with E-state index in [4.69, 9.17) is 4.74 Å². The summed E-state index contributed by atoms with van der Waals surface area (Å²) in [7, 11) is 0. The first kappa shape index (κ1) is 14.9. The first-order valence-corrected chi connectivity index (χ1v) is 7.73. The van der Waals surface area contributed by atoms with Crippen molar-refractivity contribution < 1.29 is 9.13 Å². The van der Waals surface area contributed by atoms with E-state index in [0.717, 1.165) is 12.1 Å². The molecule has 0 aliphatic rings. The Labute approximate surface area is 123 Å². The molecule has 2 nitrogen and oxygen atoms in total. The van der Waals surface area contributed by atoms with Crippen LogP contribution in [0.4, 0.5) is 10.1 Å². The van der Waals surface area contributed by atoms with Crippen LogP contribution in [0.1, 0.15) is 36.6 Å². The van der Waals surface area contributed by atoms with E-state index in [0.29, 0.717) is 12.4 Å². The molecule has 2 aromatic rings. The van der Waals surface area contributed by atoms with Gasteiger partial charge in [-0.2, -0.15) is 0 Å². The maximum Gasteiger partial charge on any atom is 0.145 e. The number of hydrogen-bond acceptors (Lipinski definition) is 3. The predicted octanol–water partition coefficient (Wildman–Crippen LogP) is 5.02. The Kier molecular flexibility index (Phi) is 5.01. The third-order valence-electron chi connectivity index (χ3n) is 3.07. The lowest BCUT2D eigenvalue weighted by Crippen LogP contribution is -2.07. The summed E-state index contributed by atoms with van der Waals surface area (Å²) in [6.45, 7) is 6.67. The van der Waals surface area contributed by atoms with E-state index in [1.54, 1.807) is 17.4 Å². The molecule has 1 aromatic carbocycles. The van der Waals surface area contributed by atoms with Gasteiger partial charge in [0.15, 0.2) is 0 Å². The van der Waals surface area contributed by atoms with Gasteiger partial charge in [-0.1, -0.05) is 6.92 Å². The van der Waals surface area contributed by atoms with E-state index in [1.807, 2.05) is 6.92 Å². The molecule has 1 unspecified atom stereocenters. The minimum absolute atomic E-state index is 0.171. The number of rotatable bonds is 6. The molecule has 0 saturated carbocycles. The summed E-state index contributed by atoms with van der Waals surface area (Å²) in [5.41, 5.74) is 0.826. The highest BCUT2D eigenvalue weighted by molar-refractivity contribution is 7.12. The number of nitrogens with one attached hydrogen (secondary N) is 1. The van der Waals surface area contributed by atoms with Crippen molar-refractivity contribution in [3.63, 3.8) is 0 Å². The van der Waals surface area contributed by atoms with Crippen LogP contribution in [0, 0.1) is 5.82 Å². The largest absolute Gasteiger partial charge is 0.492 e. The first-order chi connectivity index (χ1) is 9.63. The molecular weight excluding hydrogens is 273 g/mol. The molecule has 0 amide bonds. The number of benzene rings is 1. The van der Waals surface area contributed by atoms with Crippen LogP contribution in [0.5, 0.6) is 5.75 Å². The van der Waals surface area contributed by atoms with Crippen LogP contribution >= 0.6 is 11.3 Å². The molecule has 0 spiro atoms. The van der Waals surface area contributed by atoms with Gasteiger partial charge >= 0.3 is 0 Å². The van der Waals surface area contributed by atoms with Crippen molar-refractivity contribution in [3.8, 4) is 5.75 Å². The van der Waals surface area contributed by atoms with Gasteiger partial charge in [-0.05, 0) is 44.5 Å². The van der Waals surface area contributed by atoms with Gasteiger partial charge in [0.05, 0.1) is 18.3 Å². The van der Waals surface area contributed by atoms with Crippen LogP contribution < -0.4 is 10.1 Å². The Morgan fingerprint density at radius 2 is 2.05 bits per heavy atom. The smallest absolute Gasteiger partial charge is 0.145 e. The fourth-order valence-corrected chi connectivity index (χ4v) is 2.97. The van der Waals surface area contributed by atoms with E-state index in [9.17, 15) is 4.39 Å². The number of halogens is 1. The third-order valence-corrected chi connectivity index (χ3v) is 4.49. The summed E-state index contributed by atoms with van der Waals surface area (Å²) in [5.74, 6) is 0.280. The summed E-state index contributed by atoms with van der Waals surface area (Å²) >= 11 is 1.81. The van der Waals surface area contributed by atoms with Crippen molar-refractivity contribution >= 4 is 17.0 Å². The minimum atomic E-state index is -0.281. The zero-order valence-corrected chi connectivity index (χ0v) is 12.9. The normalized spacial score (nSPS) is 12.2. The maximum atomic E-state index is 13.3. The Hall–Kier alpha value is -1.55. The van der Waals surface area contributed by atoms with Gasteiger partial charge in [0, 0.05) is 15.8 Å². The number of anilines is 1. The van der Waals surface area contributed by atoms with Gasteiger partial charge in [0.1, 0.15) is 11.6 Å². The molecule has 108 valence electrons. The molecule has 0 saturated heterocycles. The van der Waals surface area contributed by atoms with Crippen molar-refractivity contribution in [2.75, 3.05) is 11.9 Å². The van der Waals surface area contributed by atoms with Crippen molar-refractivity contribution in [1.29, 1.82) is 0 Å². The third kappa shape index (κ3) is 3.51. The molecule has 2 rings (SSSR count). The molecule has 0 fully saturated rings. The molecule has 0 radical (unpaired) electrons. The van der Waals surface area contributed by atoms with Crippen LogP contribution in [0.2, 0.25) is 0 Å². The first-order valence-electron chi connectivity index (χ1n) is 6.91. The van der Waals surface area contributed by atoms with E-state index >= 15 is 0 Å². The molecule has 1 heterocycles. The summed E-state index contributed by atoms with van der Waals surface area (Å²) in [5, 5.41) is 3.39. The second-order valence-corrected chi connectivity index (χ2v) is 5.80. The minimum Gasteiger partial charge on any atom is -0.492 e. The van der Waals surface area contributed by atoms with Crippen LogP contribution in [0.25, 0.3) is 0 Å². The highest BCUT2D eigenvalue weighted by Gasteiger charge is 2.12. The van der Waals surface area contributed by atoms with E-state index in [1.165, 1.54) is 21.9 Å². The van der Waals surface area contributed by atoms with Crippen molar-refractivity contribution in [1.82, 2.24) is 0 Å². The van der Waals surface area contributed by atoms with Crippen molar-refractivity contribution in [2.45, 2.75) is 33.2 Å². The molecule has 0 aliphatic carbocycles. The van der Waals surface area contributed by atoms with Gasteiger partial charge < -0.3 is 10.1 Å². The molecule has 1 N–H and O–H groups in total. The van der Waals surface area contributed by atoms with Crippen molar-refractivity contribution in [2.24, 2.45) is 0 Å². The Morgan fingerprint density at radius 3 is 2.70 bits per heavy atom. The predicted molar refractivity (Wildman–Crippen MR) is 83.3 cm³/mol. The molecule has 0 bridgehead atoms. The van der Waals surface area contributed by atoms with Crippen LogP contribution in [-0.4, -0.2) is 6.61 Å². The summed E-state index contributed by atoms with van der Waals surface area (Å²) in [6.07, 6.45) is 1.05. The summed E-state index contributed by atoms with van der Waals surface area (Å²) in [4.78, 5) is 2.64. The SMILES string of the molecule is CCOc1cc(F)ccc1NC(C)c1ccc(CC)s1. The van der Waals surface area contributed by atoms with E-state index < -0.39 is 0 Å². The fraction of sp³-hybridized carbons (Fsp3) is 0.375. The lowest BCUT2D eigenvalue weighted by atomic mass is 10.2. The van der Waals surface area contributed by atoms with E-state index in [2.05, 4.69) is 31.3 Å². The summed E-state index contributed by atoms with van der Waals surface area (Å²) < 4.78 is 18.8. The Balaban J connectivity index is 2.16. The topological polar surface area (TPSA) is 21.3 Å². The standard InChI is InChI=1S/C16H20FNOS/c1-4-13-7-9-16(20-13)11(3)18-14-8-6-12(17)10-15(14)19-5-2/h6-11,18H,4-5H2,1-3H3. The average Bonchev–Trinajstić information content (AvgIpc) is 2.91. The molecule has 1 atom stereocenters. The lowest BCUT2D eigenvalue weighted by Gasteiger charge is -2.17. The average molecular weight is 293 g/mol. The molecular formula is C16H20FNOS. The number of thiophene rings is 1. The van der Waals surface area contributed by atoms with Gasteiger partial charge in [0.25, 0.3) is 0 Å². The highest BCUT2D eigenvalue weighted by atomic mass is 32.1. The highest BCUT2D eigenvalue weighted by Crippen LogP contribution is 2.31.